The summed E-state index contributed by atoms with van der Waals surface area (Å²) < 4.78 is 18.9. The number of rotatable bonds is 3. The Bertz CT molecular complexity index is 726. The number of nitrogens with zero attached hydrogens (tertiary/aromatic N) is 1. The summed E-state index contributed by atoms with van der Waals surface area (Å²) in [6.45, 7) is 0. The van der Waals surface area contributed by atoms with E-state index in [2.05, 4.69) is 25.9 Å². The maximum absolute atomic E-state index is 13.4. The quantitative estimate of drug-likeness (QED) is 0.934. The number of nitrogens with one attached hydrogen (secondary N) is 1. The Kier molecular flexibility index (Phi) is 3.33. The molecule has 0 unspecified atom stereocenters. The first-order valence-electron chi connectivity index (χ1n) is 6.23. The molecule has 0 spiro atoms. The normalized spacial score (nSPS) is 14.3. The van der Waals surface area contributed by atoms with Gasteiger partial charge in [-0.25, -0.2) is 9.37 Å². The van der Waals surface area contributed by atoms with E-state index in [-0.39, 0.29) is 11.3 Å². The molecule has 1 saturated carbocycles. The highest BCUT2D eigenvalue weighted by Gasteiger charge is 2.29. The van der Waals surface area contributed by atoms with Crippen molar-refractivity contribution in [3.8, 4) is 17.1 Å². The minimum atomic E-state index is -0.446. The second-order valence-corrected chi connectivity index (χ2v) is 5.53. The molecule has 1 aromatic carbocycles. The number of hydrogen-bond acceptors (Lipinski definition) is 3. The van der Waals surface area contributed by atoms with Crippen molar-refractivity contribution in [2.75, 3.05) is 7.11 Å². The Morgan fingerprint density at radius 3 is 2.85 bits per heavy atom. The third-order valence-electron chi connectivity index (χ3n) is 3.28. The average molecular weight is 339 g/mol. The van der Waals surface area contributed by atoms with Crippen molar-refractivity contribution < 1.29 is 9.13 Å². The molecule has 0 aliphatic heterocycles. The Hall–Kier alpha value is -1.69. The van der Waals surface area contributed by atoms with Gasteiger partial charge in [-0.15, -0.1) is 0 Å². The summed E-state index contributed by atoms with van der Waals surface area (Å²) in [5, 5.41) is 0. The van der Waals surface area contributed by atoms with E-state index in [0.29, 0.717) is 21.8 Å². The molecule has 0 atom stereocenters. The summed E-state index contributed by atoms with van der Waals surface area (Å²) in [5.74, 6) is 0.449. The molecule has 1 aromatic heterocycles. The van der Waals surface area contributed by atoms with Crippen molar-refractivity contribution >= 4 is 15.9 Å². The maximum Gasteiger partial charge on any atom is 0.265 e. The molecule has 4 nitrogen and oxygen atoms in total. The van der Waals surface area contributed by atoms with E-state index >= 15 is 0 Å². The highest BCUT2D eigenvalue weighted by atomic mass is 79.9. The molecule has 1 N–H and O–H groups in total. The molecule has 1 aliphatic rings. The average Bonchev–Trinajstić information content (AvgIpc) is 3.27. The lowest BCUT2D eigenvalue weighted by Gasteiger charge is -2.08. The van der Waals surface area contributed by atoms with Crippen molar-refractivity contribution in [3.05, 3.63) is 44.5 Å². The number of ether oxygens (including phenoxy) is 1. The van der Waals surface area contributed by atoms with E-state index in [0.717, 1.165) is 18.5 Å². The number of methoxy groups -OCH3 is 1. The standard InChI is InChI=1S/C14H12BrFN2O2/c1-20-10-6-8(4-5-9(10)16)13-17-12(7-2-3-7)11(15)14(19)18-13/h4-7H,2-3H2,1H3,(H,17,18,19). The lowest BCUT2D eigenvalue weighted by atomic mass is 10.2. The third-order valence-corrected chi connectivity index (χ3v) is 4.04. The summed E-state index contributed by atoms with van der Waals surface area (Å²) in [6, 6.07) is 4.39. The van der Waals surface area contributed by atoms with Crippen molar-refractivity contribution in [2.45, 2.75) is 18.8 Å². The van der Waals surface area contributed by atoms with Gasteiger partial charge in [0.1, 0.15) is 10.3 Å². The van der Waals surface area contributed by atoms with Gasteiger partial charge in [-0.3, -0.25) is 4.79 Å². The van der Waals surface area contributed by atoms with Crippen LogP contribution in [0.5, 0.6) is 5.75 Å². The van der Waals surface area contributed by atoms with Crippen LogP contribution in [-0.2, 0) is 0 Å². The summed E-state index contributed by atoms with van der Waals surface area (Å²) >= 11 is 3.28. The van der Waals surface area contributed by atoms with Gasteiger partial charge in [0.05, 0.1) is 12.8 Å². The van der Waals surface area contributed by atoms with Crippen LogP contribution in [0.1, 0.15) is 24.5 Å². The number of aromatic nitrogens is 2. The van der Waals surface area contributed by atoms with Crippen LogP contribution in [0.4, 0.5) is 4.39 Å². The Morgan fingerprint density at radius 2 is 2.20 bits per heavy atom. The van der Waals surface area contributed by atoms with Gasteiger partial charge in [0.15, 0.2) is 11.6 Å². The second kappa shape index (κ2) is 5.01. The summed E-state index contributed by atoms with van der Waals surface area (Å²) in [7, 11) is 1.40. The van der Waals surface area contributed by atoms with Gasteiger partial charge >= 0.3 is 0 Å². The second-order valence-electron chi connectivity index (χ2n) is 4.74. The molecule has 6 heteroatoms. The Labute approximate surface area is 123 Å². The monoisotopic (exact) mass is 338 g/mol. The molecular weight excluding hydrogens is 327 g/mol. The van der Waals surface area contributed by atoms with Crippen molar-refractivity contribution in [2.24, 2.45) is 0 Å². The highest BCUT2D eigenvalue weighted by Crippen LogP contribution is 2.41. The van der Waals surface area contributed by atoms with Gasteiger partial charge < -0.3 is 9.72 Å². The molecule has 20 heavy (non-hydrogen) atoms. The van der Waals surface area contributed by atoms with Crippen LogP contribution in [0.2, 0.25) is 0 Å². The lowest BCUT2D eigenvalue weighted by molar-refractivity contribution is 0.386. The zero-order valence-electron chi connectivity index (χ0n) is 10.7. The Morgan fingerprint density at radius 1 is 1.45 bits per heavy atom. The first-order chi connectivity index (χ1) is 9.60. The van der Waals surface area contributed by atoms with Gasteiger partial charge in [-0.1, -0.05) is 0 Å². The van der Waals surface area contributed by atoms with E-state index < -0.39 is 5.82 Å². The summed E-state index contributed by atoms with van der Waals surface area (Å²) in [5.41, 5.74) is 1.17. The molecule has 0 amide bonds. The van der Waals surface area contributed by atoms with Crippen LogP contribution >= 0.6 is 15.9 Å². The predicted molar refractivity (Wildman–Crippen MR) is 76.5 cm³/mol. The van der Waals surface area contributed by atoms with E-state index in [9.17, 15) is 9.18 Å². The molecular formula is C14H12BrFN2O2. The fraction of sp³-hybridized carbons (Fsp3) is 0.286. The smallest absolute Gasteiger partial charge is 0.265 e. The molecule has 3 rings (SSSR count). The number of halogens is 2. The molecule has 0 bridgehead atoms. The predicted octanol–water partition coefficient (Wildman–Crippen LogP) is 3.22. The van der Waals surface area contributed by atoms with E-state index in [1.807, 2.05) is 0 Å². The van der Waals surface area contributed by atoms with Crippen LogP contribution in [0, 0.1) is 5.82 Å². The number of benzene rings is 1. The maximum atomic E-state index is 13.4. The number of aromatic amines is 1. The van der Waals surface area contributed by atoms with Crippen molar-refractivity contribution in [3.63, 3.8) is 0 Å². The first-order valence-corrected chi connectivity index (χ1v) is 7.03. The van der Waals surface area contributed by atoms with Crippen LogP contribution in [0.3, 0.4) is 0 Å². The Balaban J connectivity index is 2.12. The molecule has 104 valence electrons. The van der Waals surface area contributed by atoms with Crippen LogP contribution in [0.25, 0.3) is 11.4 Å². The third kappa shape index (κ3) is 2.35. The summed E-state index contributed by atoms with van der Waals surface area (Å²) in [4.78, 5) is 19.1. The fourth-order valence-corrected chi connectivity index (χ4v) is 2.56. The first kappa shape index (κ1) is 13.3. The van der Waals surface area contributed by atoms with Gasteiger partial charge in [0, 0.05) is 11.5 Å². The highest BCUT2D eigenvalue weighted by molar-refractivity contribution is 9.10. The number of hydrogen-bond donors (Lipinski definition) is 1. The van der Waals surface area contributed by atoms with Gasteiger partial charge in [-0.2, -0.15) is 0 Å². The van der Waals surface area contributed by atoms with E-state index in [1.165, 1.54) is 19.2 Å². The fourth-order valence-electron chi connectivity index (χ4n) is 2.05. The van der Waals surface area contributed by atoms with Crippen LogP contribution in [-0.4, -0.2) is 17.1 Å². The van der Waals surface area contributed by atoms with E-state index in [4.69, 9.17) is 4.74 Å². The lowest BCUT2D eigenvalue weighted by Crippen LogP contribution is -2.13. The molecule has 1 fully saturated rings. The molecule has 1 heterocycles. The van der Waals surface area contributed by atoms with Gasteiger partial charge in [-0.05, 0) is 47.0 Å². The zero-order chi connectivity index (χ0) is 14.3. The van der Waals surface area contributed by atoms with Gasteiger partial charge in [0.2, 0.25) is 0 Å². The molecule has 0 radical (unpaired) electrons. The van der Waals surface area contributed by atoms with Crippen molar-refractivity contribution in [1.29, 1.82) is 0 Å². The van der Waals surface area contributed by atoms with Crippen LogP contribution < -0.4 is 10.3 Å². The molecule has 0 saturated heterocycles. The minimum absolute atomic E-state index is 0.126. The van der Waals surface area contributed by atoms with Crippen LogP contribution in [0.15, 0.2) is 27.5 Å². The van der Waals surface area contributed by atoms with Crippen molar-refractivity contribution in [1.82, 2.24) is 9.97 Å². The summed E-state index contributed by atoms with van der Waals surface area (Å²) in [6.07, 6.45) is 2.09. The zero-order valence-corrected chi connectivity index (χ0v) is 12.3. The SMILES string of the molecule is COc1cc(-c2nc(C3CC3)c(Br)c(=O)[nH]2)ccc1F. The minimum Gasteiger partial charge on any atom is -0.494 e. The molecule has 2 aromatic rings. The largest absolute Gasteiger partial charge is 0.494 e. The van der Waals surface area contributed by atoms with Gasteiger partial charge in [0.25, 0.3) is 5.56 Å². The number of H-pyrrole nitrogens is 1. The topological polar surface area (TPSA) is 55.0 Å². The molecule has 1 aliphatic carbocycles. The van der Waals surface area contributed by atoms with E-state index in [1.54, 1.807) is 6.07 Å².